The normalized spacial score (nSPS) is 11.1. The Hall–Kier alpha value is -2.80. The van der Waals surface area contributed by atoms with Crippen LogP contribution in [0.2, 0.25) is 0 Å². The molecule has 3 aromatic rings. The number of para-hydroxylation sites is 2. The second-order valence-electron chi connectivity index (χ2n) is 7.56. The average molecular weight is 384 g/mol. The highest BCUT2D eigenvalue weighted by Crippen LogP contribution is 2.30. The van der Waals surface area contributed by atoms with Crippen molar-refractivity contribution in [2.24, 2.45) is 0 Å². The van der Waals surface area contributed by atoms with E-state index in [1.165, 1.54) is 61.0 Å². The van der Waals surface area contributed by atoms with Crippen LogP contribution in [-0.2, 0) is 0 Å². The Kier molecular flexibility index (Phi) is 8.59. The van der Waals surface area contributed by atoms with Crippen LogP contribution in [0.4, 0.5) is 11.4 Å². The number of benzene rings is 3. The number of anilines is 2. The maximum Gasteiger partial charge on any atom is 0.0484 e. The molecule has 0 fully saturated rings. The maximum atomic E-state index is 2.48. The van der Waals surface area contributed by atoms with Gasteiger partial charge in [0.15, 0.2) is 0 Å². The first kappa shape index (κ1) is 20.9. The van der Waals surface area contributed by atoms with Gasteiger partial charge in [0.1, 0.15) is 0 Å². The summed E-state index contributed by atoms with van der Waals surface area (Å²) in [5.74, 6) is 0. The number of hydrogen-bond donors (Lipinski definition) is 0. The van der Waals surface area contributed by atoms with Gasteiger partial charge in [0, 0.05) is 17.9 Å². The molecule has 0 aromatic heterocycles. The average Bonchev–Trinajstić information content (AvgIpc) is 2.79. The molecule has 3 aromatic carbocycles. The number of nitrogens with zero attached hydrogens (tertiary/aromatic N) is 1. The summed E-state index contributed by atoms with van der Waals surface area (Å²) < 4.78 is 0. The van der Waals surface area contributed by atoms with E-state index in [0.29, 0.717) is 0 Å². The van der Waals surface area contributed by atoms with Crippen molar-refractivity contribution in [2.75, 3.05) is 11.4 Å². The first-order valence-corrected chi connectivity index (χ1v) is 11.0. The molecule has 0 aliphatic rings. The lowest BCUT2D eigenvalue weighted by Gasteiger charge is -2.27. The summed E-state index contributed by atoms with van der Waals surface area (Å²) >= 11 is 0. The third-order valence-corrected chi connectivity index (χ3v) is 5.29. The first-order valence-electron chi connectivity index (χ1n) is 11.0. The van der Waals surface area contributed by atoms with Crippen molar-refractivity contribution in [1.82, 2.24) is 0 Å². The second-order valence-corrected chi connectivity index (χ2v) is 7.56. The highest BCUT2D eigenvalue weighted by molar-refractivity contribution is 5.80. The number of rotatable bonds is 11. The second kappa shape index (κ2) is 11.9. The van der Waals surface area contributed by atoms with Gasteiger partial charge in [0.05, 0.1) is 0 Å². The zero-order valence-corrected chi connectivity index (χ0v) is 17.6. The Morgan fingerprint density at radius 1 is 0.621 bits per heavy atom. The van der Waals surface area contributed by atoms with Crippen molar-refractivity contribution in [3.8, 4) is 0 Å². The maximum absolute atomic E-state index is 2.48. The van der Waals surface area contributed by atoms with E-state index in [-0.39, 0.29) is 0 Å². The van der Waals surface area contributed by atoms with Gasteiger partial charge in [-0.25, -0.2) is 0 Å². The molecule has 0 aliphatic heterocycles. The zero-order chi connectivity index (χ0) is 20.2. The van der Waals surface area contributed by atoms with Crippen LogP contribution in [0.25, 0.3) is 12.2 Å². The van der Waals surface area contributed by atoms with E-state index in [9.17, 15) is 0 Å². The van der Waals surface area contributed by atoms with Crippen molar-refractivity contribution >= 4 is 23.5 Å². The molecule has 0 spiro atoms. The van der Waals surface area contributed by atoms with Crippen molar-refractivity contribution in [3.05, 3.63) is 96.1 Å². The lowest BCUT2D eigenvalue weighted by molar-refractivity contribution is 0.609. The lowest BCUT2D eigenvalue weighted by atomic mass is 10.1. The van der Waals surface area contributed by atoms with Crippen LogP contribution in [0.5, 0.6) is 0 Å². The summed E-state index contributed by atoms with van der Waals surface area (Å²) in [4.78, 5) is 2.48. The van der Waals surface area contributed by atoms with Gasteiger partial charge >= 0.3 is 0 Å². The molecule has 29 heavy (non-hydrogen) atoms. The molecule has 150 valence electrons. The van der Waals surface area contributed by atoms with Crippen LogP contribution in [0.3, 0.4) is 0 Å². The molecule has 0 amide bonds. The van der Waals surface area contributed by atoms with Crippen LogP contribution in [0, 0.1) is 0 Å². The number of hydrogen-bond acceptors (Lipinski definition) is 1. The predicted molar refractivity (Wildman–Crippen MR) is 129 cm³/mol. The molecule has 0 saturated heterocycles. The molecule has 0 N–H and O–H groups in total. The minimum absolute atomic E-state index is 1.05. The molecule has 0 aliphatic carbocycles. The van der Waals surface area contributed by atoms with E-state index >= 15 is 0 Å². The van der Waals surface area contributed by atoms with Crippen LogP contribution in [0.1, 0.15) is 56.6 Å². The quantitative estimate of drug-likeness (QED) is 0.237. The predicted octanol–water partition coefficient (Wildman–Crippen LogP) is 8.36. The minimum Gasteiger partial charge on any atom is -0.341 e. The van der Waals surface area contributed by atoms with Crippen molar-refractivity contribution in [2.45, 2.75) is 45.4 Å². The molecule has 0 radical (unpaired) electrons. The lowest BCUT2D eigenvalue weighted by Crippen LogP contribution is -2.19. The van der Waals surface area contributed by atoms with E-state index in [4.69, 9.17) is 0 Å². The van der Waals surface area contributed by atoms with E-state index in [0.717, 1.165) is 6.54 Å². The smallest absolute Gasteiger partial charge is 0.0484 e. The molecule has 0 heterocycles. The van der Waals surface area contributed by atoms with Crippen LogP contribution >= 0.6 is 0 Å². The summed E-state index contributed by atoms with van der Waals surface area (Å²) in [5, 5.41) is 0. The monoisotopic (exact) mass is 383 g/mol. The van der Waals surface area contributed by atoms with E-state index in [1.54, 1.807) is 0 Å². The van der Waals surface area contributed by atoms with Gasteiger partial charge < -0.3 is 4.90 Å². The van der Waals surface area contributed by atoms with Crippen LogP contribution in [-0.4, -0.2) is 6.54 Å². The van der Waals surface area contributed by atoms with E-state index in [2.05, 4.69) is 109 Å². The highest BCUT2D eigenvalue weighted by Gasteiger charge is 2.11. The van der Waals surface area contributed by atoms with Gasteiger partial charge in [0.25, 0.3) is 0 Å². The van der Waals surface area contributed by atoms with E-state index < -0.39 is 0 Å². The third-order valence-electron chi connectivity index (χ3n) is 5.29. The highest BCUT2D eigenvalue weighted by atomic mass is 15.1. The van der Waals surface area contributed by atoms with Gasteiger partial charge in [0.2, 0.25) is 0 Å². The SMILES string of the molecule is CCCCCCCCN(c1ccccc1)c1ccccc1C=Cc1ccccc1. The summed E-state index contributed by atoms with van der Waals surface area (Å²) in [7, 11) is 0. The van der Waals surface area contributed by atoms with Gasteiger partial charge in [-0.05, 0) is 35.7 Å². The summed E-state index contributed by atoms with van der Waals surface area (Å²) in [6, 6.07) is 30.0. The Labute approximate surface area is 176 Å². The molecule has 0 saturated carbocycles. The Bertz CT molecular complexity index is 852. The largest absolute Gasteiger partial charge is 0.341 e. The van der Waals surface area contributed by atoms with Crippen LogP contribution < -0.4 is 4.90 Å². The summed E-state index contributed by atoms with van der Waals surface area (Å²) in [5.41, 5.74) is 5.02. The fourth-order valence-electron chi connectivity index (χ4n) is 3.67. The van der Waals surface area contributed by atoms with Crippen molar-refractivity contribution in [3.63, 3.8) is 0 Å². The minimum atomic E-state index is 1.05. The van der Waals surface area contributed by atoms with Gasteiger partial charge in [-0.2, -0.15) is 0 Å². The molecule has 1 nitrogen and oxygen atoms in total. The third kappa shape index (κ3) is 6.64. The van der Waals surface area contributed by atoms with E-state index in [1.807, 2.05) is 0 Å². The Morgan fingerprint density at radius 2 is 1.24 bits per heavy atom. The van der Waals surface area contributed by atoms with Gasteiger partial charge in [-0.3, -0.25) is 0 Å². The standard InChI is InChI=1S/C28H33N/c1-2-3-4-5-6-15-24-29(27-19-11-8-12-20-27)28-21-14-13-18-26(28)23-22-25-16-9-7-10-17-25/h7-14,16-23H,2-6,15,24H2,1H3. The molecular weight excluding hydrogens is 350 g/mol. The zero-order valence-electron chi connectivity index (χ0n) is 17.6. The fraction of sp³-hybridized carbons (Fsp3) is 0.286. The van der Waals surface area contributed by atoms with Gasteiger partial charge in [-0.15, -0.1) is 0 Å². The van der Waals surface area contributed by atoms with Crippen molar-refractivity contribution < 1.29 is 0 Å². The first-order chi connectivity index (χ1) is 14.4. The molecule has 0 unspecified atom stereocenters. The number of unbranched alkanes of at least 4 members (excludes halogenated alkanes) is 5. The summed E-state index contributed by atoms with van der Waals surface area (Å²) in [6.45, 7) is 3.32. The summed E-state index contributed by atoms with van der Waals surface area (Å²) in [6.07, 6.45) is 12.3. The molecular formula is C28H33N. The molecule has 0 atom stereocenters. The Morgan fingerprint density at radius 3 is 2.00 bits per heavy atom. The topological polar surface area (TPSA) is 3.24 Å². The van der Waals surface area contributed by atoms with Crippen LogP contribution in [0.15, 0.2) is 84.9 Å². The Balaban J connectivity index is 1.79. The molecule has 1 heteroatoms. The van der Waals surface area contributed by atoms with Crippen molar-refractivity contribution in [1.29, 1.82) is 0 Å². The molecule has 0 bridgehead atoms. The van der Waals surface area contributed by atoms with Gasteiger partial charge in [-0.1, -0.05) is 118 Å². The fourth-order valence-corrected chi connectivity index (χ4v) is 3.67. The molecule has 3 rings (SSSR count).